The minimum Gasteiger partial charge on any atom is -0.497 e. The zero-order valence-electron chi connectivity index (χ0n) is 19.8. The number of methoxy groups -OCH3 is 1. The molecule has 180 valence electrons. The quantitative estimate of drug-likeness (QED) is 0.734. The van der Waals surface area contributed by atoms with Crippen molar-refractivity contribution < 1.29 is 23.9 Å². The summed E-state index contributed by atoms with van der Waals surface area (Å²) in [5.74, 6) is 0.143. The van der Waals surface area contributed by atoms with Crippen molar-refractivity contribution >= 4 is 17.7 Å². The minimum absolute atomic E-state index is 0.0540. The van der Waals surface area contributed by atoms with E-state index >= 15 is 0 Å². The third-order valence-electron chi connectivity index (χ3n) is 6.40. The van der Waals surface area contributed by atoms with Gasteiger partial charge < -0.3 is 19.7 Å². The number of hydrogen-bond acceptors (Lipinski definition) is 5. The van der Waals surface area contributed by atoms with E-state index in [1.807, 2.05) is 19.9 Å². The van der Waals surface area contributed by atoms with Crippen molar-refractivity contribution in [3.05, 3.63) is 65.7 Å². The Bertz CT molecular complexity index is 1030. The Kier molecular flexibility index (Phi) is 6.88. The van der Waals surface area contributed by atoms with Crippen LogP contribution in [0.4, 0.5) is 0 Å². The fourth-order valence-corrected chi connectivity index (χ4v) is 4.64. The first-order valence-electron chi connectivity index (χ1n) is 11.6. The highest BCUT2D eigenvalue weighted by atomic mass is 16.5. The van der Waals surface area contributed by atoms with E-state index in [9.17, 15) is 14.4 Å². The molecule has 34 heavy (non-hydrogen) atoms. The van der Waals surface area contributed by atoms with Crippen molar-refractivity contribution in [3.63, 3.8) is 0 Å². The van der Waals surface area contributed by atoms with Crippen molar-refractivity contribution in [1.82, 2.24) is 15.1 Å². The number of carbonyl (C=O) groups is 3. The lowest BCUT2D eigenvalue weighted by molar-refractivity contribution is -0.128. The fourth-order valence-electron chi connectivity index (χ4n) is 4.64. The molecule has 2 saturated heterocycles. The van der Waals surface area contributed by atoms with Crippen LogP contribution in [0, 0.1) is 0 Å². The number of hydrogen-bond donors (Lipinski definition) is 1. The van der Waals surface area contributed by atoms with Crippen LogP contribution < -0.4 is 10.1 Å². The Balaban J connectivity index is 1.54. The van der Waals surface area contributed by atoms with Gasteiger partial charge >= 0.3 is 0 Å². The molecule has 0 radical (unpaired) electrons. The molecule has 8 nitrogen and oxygen atoms in total. The average Bonchev–Trinajstić information content (AvgIpc) is 3.22. The van der Waals surface area contributed by atoms with Crippen molar-refractivity contribution in [1.29, 1.82) is 0 Å². The Hall–Kier alpha value is -3.39. The molecule has 2 fully saturated rings. The van der Waals surface area contributed by atoms with E-state index in [0.29, 0.717) is 42.8 Å². The molecule has 0 saturated carbocycles. The lowest BCUT2D eigenvalue weighted by Gasteiger charge is -2.44. The molecule has 2 heterocycles. The number of likely N-dealkylation sites (tertiary alicyclic amines) is 1. The first kappa shape index (κ1) is 23.8. The number of nitrogens with zero attached hydrogens (tertiary/aromatic N) is 2. The van der Waals surface area contributed by atoms with Gasteiger partial charge in [0.05, 0.1) is 13.7 Å². The Labute approximate surface area is 199 Å². The topological polar surface area (TPSA) is 88.2 Å². The molecule has 4 rings (SSSR count). The monoisotopic (exact) mass is 465 g/mol. The third-order valence-corrected chi connectivity index (χ3v) is 6.40. The molecule has 0 aromatic heterocycles. The minimum atomic E-state index is -0.928. The molecule has 2 aromatic rings. The van der Waals surface area contributed by atoms with Crippen LogP contribution in [0.3, 0.4) is 0 Å². The number of amides is 3. The van der Waals surface area contributed by atoms with Crippen molar-refractivity contribution in [2.24, 2.45) is 0 Å². The summed E-state index contributed by atoms with van der Waals surface area (Å²) in [5.41, 5.74) is 0.157. The van der Waals surface area contributed by atoms with Crippen LogP contribution in [0.25, 0.3) is 0 Å². The number of piperidine rings is 1. The second-order valence-corrected chi connectivity index (χ2v) is 9.00. The summed E-state index contributed by atoms with van der Waals surface area (Å²) in [4.78, 5) is 43.0. The second kappa shape index (κ2) is 9.85. The number of nitrogens with one attached hydrogen (secondary N) is 1. The second-order valence-electron chi connectivity index (χ2n) is 9.00. The molecule has 1 atom stereocenters. The summed E-state index contributed by atoms with van der Waals surface area (Å²) in [6.07, 6.45) is 0.859. The summed E-state index contributed by atoms with van der Waals surface area (Å²) in [7, 11) is 1.58. The maximum absolute atomic E-state index is 13.6. The summed E-state index contributed by atoms with van der Waals surface area (Å²) in [5, 5.41) is 2.91. The van der Waals surface area contributed by atoms with E-state index in [4.69, 9.17) is 9.47 Å². The van der Waals surface area contributed by atoms with Gasteiger partial charge in [0.25, 0.3) is 11.8 Å². The molecule has 0 aliphatic carbocycles. The Morgan fingerprint density at radius 2 is 1.59 bits per heavy atom. The summed E-state index contributed by atoms with van der Waals surface area (Å²) < 4.78 is 11.4. The van der Waals surface area contributed by atoms with E-state index in [-0.39, 0.29) is 30.4 Å². The SMILES string of the molecule is COc1ccc(C(=O)N2CCC3(CC2)OC[C@@H](C(=O)NC(C)C)N3C(=O)c2ccccc2)cc1. The number of ether oxygens (including phenoxy) is 2. The van der Waals surface area contributed by atoms with Crippen LogP contribution in [-0.2, 0) is 9.53 Å². The first-order chi connectivity index (χ1) is 16.3. The van der Waals surface area contributed by atoms with Gasteiger partial charge in [0.15, 0.2) is 0 Å². The van der Waals surface area contributed by atoms with Gasteiger partial charge in [-0.25, -0.2) is 0 Å². The Morgan fingerprint density at radius 3 is 2.18 bits per heavy atom. The first-order valence-corrected chi connectivity index (χ1v) is 11.6. The molecule has 1 N–H and O–H groups in total. The molecule has 2 aromatic carbocycles. The number of rotatable bonds is 5. The summed E-state index contributed by atoms with van der Waals surface area (Å²) in [6, 6.07) is 15.2. The zero-order valence-corrected chi connectivity index (χ0v) is 19.8. The molecule has 8 heteroatoms. The highest BCUT2D eigenvalue weighted by Crippen LogP contribution is 2.39. The van der Waals surface area contributed by atoms with Gasteiger partial charge in [0.1, 0.15) is 17.5 Å². The predicted octanol–water partition coefficient (Wildman–Crippen LogP) is 2.69. The molecular formula is C26H31N3O5. The lowest BCUT2D eigenvalue weighted by atomic mass is 9.96. The molecule has 0 bridgehead atoms. The molecular weight excluding hydrogens is 434 g/mol. The molecule has 2 aliphatic heterocycles. The van der Waals surface area contributed by atoms with E-state index < -0.39 is 11.8 Å². The smallest absolute Gasteiger partial charge is 0.256 e. The maximum atomic E-state index is 13.6. The molecule has 1 spiro atoms. The van der Waals surface area contributed by atoms with Crippen LogP contribution in [0.15, 0.2) is 54.6 Å². The van der Waals surface area contributed by atoms with Crippen LogP contribution in [0.1, 0.15) is 47.4 Å². The highest BCUT2D eigenvalue weighted by Gasteiger charge is 2.54. The summed E-state index contributed by atoms with van der Waals surface area (Å²) in [6.45, 7) is 4.74. The van der Waals surface area contributed by atoms with Crippen molar-refractivity contribution in [3.8, 4) is 5.75 Å². The Morgan fingerprint density at radius 1 is 0.971 bits per heavy atom. The van der Waals surface area contributed by atoms with E-state index in [2.05, 4.69) is 5.32 Å². The van der Waals surface area contributed by atoms with Crippen LogP contribution in [0.2, 0.25) is 0 Å². The normalized spacial score (nSPS) is 19.4. The van der Waals surface area contributed by atoms with Gasteiger partial charge in [-0.3, -0.25) is 19.3 Å². The third kappa shape index (κ3) is 4.63. The molecule has 2 aliphatic rings. The average molecular weight is 466 g/mol. The van der Waals surface area contributed by atoms with Gasteiger partial charge in [-0.15, -0.1) is 0 Å². The molecule has 0 unspecified atom stereocenters. The van der Waals surface area contributed by atoms with Crippen LogP contribution in [-0.4, -0.2) is 72.1 Å². The largest absolute Gasteiger partial charge is 0.497 e. The van der Waals surface area contributed by atoms with E-state index in [1.54, 1.807) is 65.4 Å². The van der Waals surface area contributed by atoms with E-state index in [0.717, 1.165) is 0 Å². The summed E-state index contributed by atoms with van der Waals surface area (Å²) >= 11 is 0. The lowest BCUT2D eigenvalue weighted by Crippen LogP contribution is -2.60. The van der Waals surface area contributed by atoms with Crippen LogP contribution >= 0.6 is 0 Å². The number of benzene rings is 2. The number of carbonyl (C=O) groups excluding carboxylic acids is 3. The van der Waals surface area contributed by atoms with Gasteiger partial charge in [0.2, 0.25) is 5.91 Å². The fraction of sp³-hybridized carbons (Fsp3) is 0.423. The maximum Gasteiger partial charge on any atom is 0.256 e. The van der Waals surface area contributed by atoms with Gasteiger partial charge in [-0.05, 0) is 50.2 Å². The van der Waals surface area contributed by atoms with Gasteiger partial charge in [-0.1, -0.05) is 18.2 Å². The highest BCUT2D eigenvalue weighted by molar-refractivity contribution is 5.98. The van der Waals surface area contributed by atoms with E-state index in [1.165, 1.54) is 0 Å². The van der Waals surface area contributed by atoms with Gasteiger partial charge in [-0.2, -0.15) is 0 Å². The standard InChI is InChI=1S/C26H31N3O5/c1-18(2)27-23(30)22-17-34-26(29(22)25(32)19-7-5-4-6-8-19)13-15-28(16-14-26)24(31)20-9-11-21(33-3)12-10-20/h4-12,18,22H,13-17H2,1-3H3,(H,27,30)/t22-/m0/s1. The zero-order chi connectivity index (χ0) is 24.3. The predicted molar refractivity (Wildman–Crippen MR) is 126 cm³/mol. The van der Waals surface area contributed by atoms with Gasteiger partial charge in [0, 0.05) is 43.1 Å². The van der Waals surface area contributed by atoms with Crippen LogP contribution in [0.5, 0.6) is 5.75 Å². The van der Waals surface area contributed by atoms with Crippen molar-refractivity contribution in [2.75, 3.05) is 26.8 Å². The van der Waals surface area contributed by atoms with Crippen molar-refractivity contribution in [2.45, 2.75) is 44.5 Å². The molecule has 3 amide bonds.